The summed E-state index contributed by atoms with van der Waals surface area (Å²) in [7, 11) is -3.20. The molecular weight excluding hydrogens is 482 g/mol. The summed E-state index contributed by atoms with van der Waals surface area (Å²) in [6.07, 6.45) is 1.16. The topological polar surface area (TPSA) is 82.6 Å². The van der Waals surface area contributed by atoms with Gasteiger partial charge in [0.25, 0.3) is 0 Å². The van der Waals surface area contributed by atoms with E-state index in [1.807, 2.05) is 6.92 Å². The van der Waals surface area contributed by atoms with E-state index in [2.05, 4.69) is 41.7 Å². The number of nitrogens with one attached hydrogen (secondary N) is 3. The Morgan fingerprint density at radius 2 is 1.81 bits per heavy atom. The smallest absolute Gasteiger partial charge is 0.191 e. The summed E-state index contributed by atoms with van der Waals surface area (Å²) in [5.41, 5.74) is 1.18. The average Bonchev–Trinajstić information content (AvgIpc) is 2.49. The monoisotopic (exact) mass is 514 g/mol. The fraction of sp³-hybridized carbons (Fsp3) is 0.611. The van der Waals surface area contributed by atoms with Gasteiger partial charge in [-0.3, -0.25) is 0 Å². The van der Waals surface area contributed by atoms with Crippen LogP contribution in [0.1, 0.15) is 38.8 Å². The maximum absolute atomic E-state index is 13.6. The Hall–Kier alpha value is -0.940. The van der Waals surface area contributed by atoms with Crippen molar-refractivity contribution in [3.63, 3.8) is 0 Å². The van der Waals surface area contributed by atoms with Gasteiger partial charge in [-0.05, 0) is 51.0 Å². The fourth-order valence-corrected chi connectivity index (χ4v) is 3.14. The van der Waals surface area contributed by atoms with Crippen molar-refractivity contribution >= 4 is 39.8 Å². The van der Waals surface area contributed by atoms with Crippen molar-refractivity contribution in [3.05, 3.63) is 35.1 Å². The van der Waals surface area contributed by atoms with Crippen LogP contribution in [0.5, 0.6) is 0 Å². The molecule has 1 rings (SSSR count). The molecule has 0 atom stereocenters. The van der Waals surface area contributed by atoms with Crippen LogP contribution in [0.25, 0.3) is 0 Å². The predicted molar refractivity (Wildman–Crippen MR) is 121 cm³/mol. The molecule has 9 heteroatoms. The fourth-order valence-electron chi connectivity index (χ4n) is 2.29. The summed E-state index contributed by atoms with van der Waals surface area (Å²) >= 11 is 0. The Bertz CT molecular complexity index is 719. The van der Waals surface area contributed by atoms with Crippen molar-refractivity contribution in [1.82, 2.24) is 16.0 Å². The molecule has 0 aromatic heterocycles. The zero-order chi connectivity index (χ0) is 19.8. The normalized spacial score (nSPS) is 12.4. The second-order valence-corrected chi connectivity index (χ2v) is 9.42. The van der Waals surface area contributed by atoms with Gasteiger partial charge in [0.05, 0.1) is 12.3 Å². The average molecular weight is 514 g/mol. The van der Waals surface area contributed by atoms with Crippen molar-refractivity contribution < 1.29 is 12.8 Å². The van der Waals surface area contributed by atoms with Crippen LogP contribution in [-0.2, 0) is 22.1 Å². The third kappa shape index (κ3) is 12.2. The van der Waals surface area contributed by atoms with Gasteiger partial charge in [0.15, 0.2) is 15.8 Å². The Balaban J connectivity index is 0.00000676. The second kappa shape index (κ2) is 11.8. The van der Waals surface area contributed by atoms with Crippen LogP contribution in [0.15, 0.2) is 23.2 Å². The lowest BCUT2D eigenvalue weighted by atomic mass is 10.1. The number of aliphatic imine (C=N–C) groups is 1. The third-order valence-corrected chi connectivity index (χ3v) is 4.25. The largest absolute Gasteiger partial charge is 0.357 e. The molecule has 0 heterocycles. The molecule has 0 radical (unpaired) electrons. The van der Waals surface area contributed by atoms with E-state index in [0.29, 0.717) is 30.2 Å². The molecule has 0 saturated carbocycles. The van der Waals surface area contributed by atoms with Gasteiger partial charge in [0.2, 0.25) is 0 Å². The lowest BCUT2D eigenvalue weighted by Gasteiger charge is -2.21. The van der Waals surface area contributed by atoms with Gasteiger partial charge in [-0.15, -0.1) is 24.0 Å². The van der Waals surface area contributed by atoms with E-state index in [4.69, 9.17) is 0 Å². The maximum Gasteiger partial charge on any atom is 0.191 e. The molecule has 0 bridgehead atoms. The Kier molecular flexibility index (Phi) is 11.4. The van der Waals surface area contributed by atoms with Gasteiger partial charge in [-0.2, -0.15) is 0 Å². The minimum absolute atomic E-state index is 0. The Morgan fingerprint density at radius 1 is 1.15 bits per heavy atom. The van der Waals surface area contributed by atoms with Crippen LogP contribution in [0, 0.1) is 5.82 Å². The van der Waals surface area contributed by atoms with Crippen LogP contribution < -0.4 is 16.0 Å². The van der Waals surface area contributed by atoms with Crippen molar-refractivity contribution in [1.29, 1.82) is 0 Å². The minimum atomic E-state index is -3.20. The lowest BCUT2D eigenvalue weighted by molar-refractivity contribution is 0.428. The molecule has 0 aliphatic heterocycles. The number of hydrogen-bond donors (Lipinski definition) is 3. The predicted octanol–water partition coefficient (Wildman–Crippen LogP) is 2.43. The van der Waals surface area contributed by atoms with Crippen molar-refractivity contribution in [2.75, 3.05) is 25.9 Å². The van der Waals surface area contributed by atoms with E-state index in [-0.39, 0.29) is 41.8 Å². The summed E-state index contributed by atoms with van der Waals surface area (Å²) in [6, 6.07) is 4.12. The highest BCUT2D eigenvalue weighted by Gasteiger charge is 2.11. The number of benzene rings is 1. The standard InChI is InChI=1S/C18H31FN4O2S.HI/c1-6-20-17(21-9-10-23-18(2,3)4)22-12-15-11-16(19)8-7-14(15)13-26(5,24)25;/h7-8,11,23H,6,9-10,12-13H2,1-5H3,(H2,20,21,22);1H. The van der Waals surface area contributed by atoms with Gasteiger partial charge in [-0.1, -0.05) is 6.07 Å². The molecule has 1 aromatic rings. The molecule has 0 fully saturated rings. The van der Waals surface area contributed by atoms with Gasteiger partial charge >= 0.3 is 0 Å². The van der Waals surface area contributed by atoms with E-state index >= 15 is 0 Å². The zero-order valence-electron chi connectivity index (χ0n) is 16.7. The molecule has 27 heavy (non-hydrogen) atoms. The van der Waals surface area contributed by atoms with Crippen LogP contribution >= 0.6 is 24.0 Å². The number of nitrogens with zero attached hydrogens (tertiary/aromatic N) is 1. The molecule has 1 aromatic carbocycles. The zero-order valence-corrected chi connectivity index (χ0v) is 19.9. The number of halogens is 2. The highest BCUT2D eigenvalue weighted by molar-refractivity contribution is 14.0. The maximum atomic E-state index is 13.6. The molecule has 0 aliphatic rings. The molecule has 0 spiro atoms. The third-order valence-electron chi connectivity index (χ3n) is 3.41. The summed E-state index contributed by atoms with van der Waals surface area (Å²) < 4.78 is 36.7. The molecule has 0 aliphatic carbocycles. The second-order valence-electron chi connectivity index (χ2n) is 7.28. The SMILES string of the molecule is CCNC(=NCc1cc(F)ccc1CS(C)(=O)=O)NCCNC(C)(C)C.I. The first-order chi connectivity index (χ1) is 12.0. The Labute approximate surface area is 179 Å². The highest BCUT2D eigenvalue weighted by Crippen LogP contribution is 2.15. The first kappa shape index (κ1) is 26.1. The van der Waals surface area contributed by atoms with Crippen LogP contribution in [-0.4, -0.2) is 45.8 Å². The molecule has 156 valence electrons. The summed E-state index contributed by atoms with van der Waals surface area (Å²) in [5.74, 6) is 0.0787. The number of guanidine groups is 1. The van der Waals surface area contributed by atoms with Crippen molar-refractivity contribution in [2.45, 2.75) is 45.5 Å². The van der Waals surface area contributed by atoms with E-state index < -0.39 is 15.7 Å². The molecule has 0 amide bonds. The quantitative estimate of drug-likeness (QED) is 0.215. The van der Waals surface area contributed by atoms with Gasteiger partial charge in [0, 0.05) is 31.4 Å². The van der Waals surface area contributed by atoms with Crippen LogP contribution in [0.2, 0.25) is 0 Å². The van der Waals surface area contributed by atoms with E-state index in [1.165, 1.54) is 18.2 Å². The van der Waals surface area contributed by atoms with Crippen LogP contribution in [0.4, 0.5) is 4.39 Å². The summed E-state index contributed by atoms with van der Waals surface area (Å²) in [4.78, 5) is 4.45. The van der Waals surface area contributed by atoms with E-state index in [9.17, 15) is 12.8 Å². The van der Waals surface area contributed by atoms with Gasteiger partial charge < -0.3 is 16.0 Å². The molecule has 3 N–H and O–H groups in total. The van der Waals surface area contributed by atoms with E-state index in [0.717, 1.165) is 12.8 Å². The van der Waals surface area contributed by atoms with E-state index in [1.54, 1.807) is 0 Å². The first-order valence-electron chi connectivity index (χ1n) is 8.72. The molecule has 0 unspecified atom stereocenters. The summed E-state index contributed by atoms with van der Waals surface area (Å²) in [5, 5.41) is 9.72. The van der Waals surface area contributed by atoms with Crippen LogP contribution in [0.3, 0.4) is 0 Å². The molecule has 6 nitrogen and oxygen atoms in total. The van der Waals surface area contributed by atoms with Crippen molar-refractivity contribution in [2.24, 2.45) is 4.99 Å². The molecular formula is C18H32FIN4O2S. The lowest BCUT2D eigenvalue weighted by Crippen LogP contribution is -2.44. The number of hydrogen-bond acceptors (Lipinski definition) is 4. The number of sulfone groups is 1. The summed E-state index contributed by atoms with van der Waals surface area (Å²) in [6.45, 7) is 10.6. The Morgan fingerprint density at radius 3 is 2.37 bits per heavy atom. The van der Waals surface area contributed by atoms with Gasteiger partial charge in [0.1, 0.15) is 5.82 Å². The van der Waals surface area contributed by atoms with Crippen molar-refractivity contribution in [3.8, 4) is 0 Å². The highest BCUT2D eigenvalue weighted by atomic mass is 127. The first-order valence-corrected chi connectivity index (χ1v) is 10.8. The minimum Gasteiger partial charge on any atom is -0.357 e. The molecule has 0 saturated heterocycles. The number of rotatable bonds is 8. The van der Waals surface area contributed by atoms with Gasteiger partial charge in [-0.25, -0.2) is 17.8 Å².